The normalized spacial score (nSPS) is 11.0. The molecule has 0 unspecified atom stereocenters. The van der Waals surface area contributed by atoms with E-state index in [0.29, 0.717) is 11.5 Å². The van der Waals surface area contributed by atoms with Gasteiger partial charge in [0.05, 0.1) is 36.9 Å². The summed E-state index contributed by atoms with van der Waals surface area (Å²) in [6, 6.07) is 8.17. The molecule has 8 nitrogen and oxygen atoms in total. The minimum atomic E-state index is -4.23. The second kappa shape index (κ2) is 8.36. The van der Waals surface area contributed by atoms with E-state index >= 15 is 0 Å². The van der Waals surface area contributed by atoms with Crippen LogP contribution in [0.3, 0.4) is 0 Å². The van der Waals surface area contributed by atoms with Crippen molar-refractivity contribution in [2.45, 2.75) is 4.90 Å². The number of carboxylic acid groups (broad SMARTS) is 1. The first-order chi connectivity index (χ1) is 12.7. The minimum Gasteiger partial charge on any atom is -0.495 e. The number of aliphatic carboxylic acids is 1. The fourth-order valence-electron chi connectivity index (χ4n) is 2.35. The molecular weight excluding hydrogens is 398 g/mol. The van der Waals surface area contributed by atoms with Crippen LogP contribution in [0.5, 0.6) is 17.2 Å². The lowest BCUT2D eigenvalue weighted by Crippen LogP contribution is -2.35. The number of benzene rings is 2. The second-order valence-corrected chi connectivity index (χ2v) is 7.51. The number of rotatable bonds is 8. The molecule has 0 aliphatic rings. The maximum absolute atomic E-state index is 13.1. The molecule has 2 rings (SSSR count). The predicted octanol–water partition coefficient (Wildman–Crippen LogP) is 2.65. The maximum atomic E-state index is 13.1. The van der Waals surface area contributed by atoms with Gasteiger partial charge in [-0.05, 0) is 30.3 Å². The lowest BCUT2D eigenvalue weighted by Gasteiger charge is -2.24. The molecule has 1 N–H and O–H groups in total. The van der Waals surface area contributed by atoms with Gasteiger partial charge < -0.3 is 19.3 Å². The number of nitrogens with zero attached hydrogens (tertiary/aromatic N) is 1. The fourth-order valence-corrected chi connectivity index (χ4v) is 4.11. The van der Waals surface area contributed by atoms with E-state index < -0.39 is 22.5 Å². The zero-order valence-electron chi connectivity index (χ0n) is 14.8. The Morgan fingerprint density at radius 3 is 2.11 bits per heavy atom. The standard InChI is InChI=1S/C17H18ClNO7S/c1-24-14-7-5-12(9-13(14)18)27(22,23)19(10-17(20)21)11-4-6-15(25-2)16(8-11)26-3/h4-9H,10H2,1-3H3,(H,20,21). The van der Waals surface area contributed by atoms with Crippen LogP contribution < -0.4 is 18.5 Å². The largest absolute Gasteiger partial charge is 0.495 e. The first-order valence-corrected chi connectivity index (χ1v) is 9.36. The Morgan fingerprint density at radius 2 is 1.59 bits per heavy atom. The number of carboxylic acids is 1. The van der Waals surface area contributed by atoms with Crippen molar-refractivity contribution in [1.29, 1.82) is 0 Å². The molecule has 0 radical (unpaired) electrons. The zero-order valence-corrected chi connectivity index (χ0v) is 16.4. The number of methoxy groups -OCH3 is 3. The van der Waals surface area contributed by atoms with Crippen molar-refractivity contribution in [3.05, 3.63) is 41.4 Å². The number of sulfonamides is 1. The summed E-state index contributed by atoms with van der Waals surface area (Å²) < 4.78 is 42.2. The lowest BCUT2D eigenvalue weighted by atomic mass is 10.2. The summed E-state index contributed by atoms with van der Waals surface area (Å²) in [5.41, 5.74) is 0.0991. The summed E-state index contributed by atoms with van der Waals surface area (Å²) in [5, 5.41) is 9.30. The summed E-state index contributed by atoms with van der Waals surface area (Å²) in [7, 11) is -0.00356. The molecule has 0 amide bonds. The molecule has 0 atom stereocenters. The Labute approximate surface area is 161 Å². The molecule has 0 saturated carbocycles. The van der Waals surface area contributed by atoms with Crippen molar-refractivity contribution in [1.82, 2.24) is 0 Å². The Kier molecular flexibility index (Phi) is 6.40. The molecule has 0 aliphatic heterocycles. The molecule has 2 aromatic carbocycles. The summed E-state index contributed by atoms with van der Waals surface area (Å²) in [6.07, 6.45) is 0. The van der Waals surface area contributed by atoms with Gasteiger partial charge in [0.1, 0.15) is 12.3 Å². The van der Waals surface area contributed by atoms with Crippen molar-refractivity contribution in [3.8, 4) is 17.2 Å². The molecule has 0 heterocycles. The van der Waals surface area contributed by atoms with Gasteiger partial charge in [0.2, 0.25) is 0 Å². The number of ether oxygens (including phenoxy) is 3. The first kappa shape index (κ1) is 20.7. The van der Waals surface area contributed by atoms with Gasteiger partial charge in [0.15, 0.2) is 11.5 Å². The predicted molar refractivity (Wildman–Crippen MR) is 99.7 cm³/mol. The molecular formula is C17H18ClNO7S. The smallest absolute Gasteiger partial charge is 0.324 e. The molecule has 2 aromatic rings. The van der Waals surface area contributed by atoms with Gasteiger partial charge in [-0.2, -0.15) is 0 Å². The number of hydrogen-bond acceptors (Lipinski definition) is 6. The van der Waals surface area contributed by atoms with E-state index in [4.69, 9.17) is 25.8 Å². The van der Waals surface area contributed by atoms with Crippen LogP contribution in [0.1, 0.15) is 0 Å². The number of hydrogen-bond donors (Lipinski definition) is 1. The SMILES string of the molecule is COc1ccc(S(=O)(=O)N(CC(=O)O)c2ccc(OC)c(OC)c2)cc1Cl. The fraction of sp³-hybridized carbons (Fsp3) is 0.235. The van der Waals surface area contributed by atoms with E-state index in [9.17, 15) is 18.3 Å². The average Bonchev–Trinajstić information content (AvgIpc) is 2.65. The van der Waals surface area contributed by atoms with E-state index in [1.165, 1.54) is 57.7 Å². The molecule has 0 aromatic heterocycles. The van der Waals surface area contributed by atoms with Crippen molar-refractivity contribution in [2.75, 3.05) is 32.2 Å². The van der Waals surface area contributed by atoms with Crippen molar-refractivity contribution < 1.29 is 32.5 Å². The van der Waals surface area contributed by atoms with Crippen LogP contribution in [-0.4, -0.2) is 47.4 Å². The highest BCUT2D eigenvalue weighted by molar-refractivity contribution is 7.92. The third-order valence-electron chi connectivity index (χ3n) is 3.65. The molecule has 0 fully saturated rings. The highest BCUT2D eigenvalue weighted by atomic mass is 35.5. The summed E-state index contributed by atoms with van der Waals surface area (Å²) in [5.74, 6) is -0.394. The van der Waals surface area contributed by atoms with Gasteiger partial charge in [-0.15, -0.1) is 0 Å². The van der Waals surface area contributed by atoms with Crippen molar-refractivity contribution in [3.63, 3.8) is 0 Å². The average molecular weight is 416 g/mol. The van der Waals surface area contributed by atoms with E-state index in [-0.39, 0.29) is 21.4 Å². The molecule has 0 saturated heterocycles. The van der Waals surface area contributed by atoms with E-state index in [2.05, 4.69) is 0 Å². The minimum absolute atomic E-state index is 0.0844. The van der Waals surface area contributed by atoms with Crippen LogP contribution in [0.2, 0.25) is 5.02 Å². The van der Waals surface area contributed by atoms with Gasteiger partial charge in [-0.25, -0.2) is 8.42 Å². The zero-order chi connectivity index (χ0) is 20.2. The number of anilines is 1. The lowest BCUT2D eigenvalue weighted by molar-refractivity contribution is -0.135. The van der Waals surface area contributed by atoms with E-state index in [0.717, 1.165) is 4.31 Å². The molecule has 146 valence electrons. The van der Waals surface area contributed by atoms with Gasteiger partial charge >= 0.3 is 5.97 Å². The Balaban J connectivity index is 2.58. The third kappa shape index (κ3) is 4.37. The van der Waals surface area contributed by atoms with Gasteiger partial charge in [0.25, 0.3) is 10.0 Å². The van der Waals surface area contributed by atoms with Crippen LogP contribution in [0, 0.1) is 0 Å². The molecule has 0 spiro atoms. The molecule has 27 heavy (non-hydrogen) atoms. The van der Waals surface area contributed by atoms with Crippen LogP contribution in [-0.2, 0) is 14.8 Å². The van der Waals surface area contributed by atoms with Crippen molar-refractivity contribution in [2.24, 2.45) is 0 Å². The molecule has 0 bridgehead atoms. The third-order valence-corrected chi connectivity index (χ3v) is 5.71. The quantitative estimate of drug-likeness (QED) is 0.706. The van der Waals surface area contributed by atoms with E-state index in [1.807, 2.05) is 0 Å². The maximum Gasteiger partial charge on any atom is 0.324 e. The molecule has 0 aliphatic carbocycles. The van der Waals surface area contributed by atoms with E-state index in [1.54, 1.807) is 0 Å². The van der Waals surface area contributed by atoms with Crippen LogP contribution in [0.4, 0.5) is 5.69 Å². The first-order valence-electron chi connectivity index (χ1n) is 7.54. The highest BCUT2D eigenvalue weighted by Crippen LogP contribution is 2.35. The van der Waals surface area contributed by atoms with Gasteiger partial charge in [0, 0.05) is 6.07 Å². The summed E-state index contributed by atoms with van der Waals surface area (Å²) in [4.78, 5) is 11.1. The van der Waals surface area contributed by atoms with Crippen LogP contribution in [0.15, 0.2) is 41.3 Å². The van der Waals surface area contributed by atoms with Crippen LogP contribution in [0.25, 0.3) is 0 Å². The van der Waals surface area contributed by atoms with Gasteiger partial charge in [-0.1, -0.05) is 11.6 Å². The Bertz CT molecular complexity index is 946. The summed E-state index contributed by atoms with van der Waals surface area (Å²) >= 11 is 6.02. The highest BCUT2D eigenvalue weighted by Gasteiger charge is 2.28. The Hall–Kier alpha value is -2.65. The number of halogens is 1. The number of carbonyl (C=O) groups is 1. The van der Waals surface area contributed by atoms with Gasteiger partial charge in [-0.3, -0.25) is 9.10 Å². The second-order valence-electron chi connectivity index (χ2n) is 5.24. The van der Waals surface area contributed by atoms with Crippen molar-refractivity contribution >= 4 is 33.3 Å². The Morgan fingerprint density at radius 1 is 1.00 bits per heavy atom. The monoisotopic (exact) mass is 415 g/mol. The summed E-state index contributed by atoms with van der Waals surface area (Å²) in [6.45, 7) is -0.790. The molecule has 10 heteroatoms. The topological polar surface area (TPSA) is 102 Å². The van der Waals surface area contributed by atoms with Crippen LogP contribution >= 0.6 is 11.6 Å².